The maximum atomic E-state index is 7.15. The second-order valence-electron chi connectivity index (χ2n) is 11.4. The number of hydrogen-bond donors (Lipinski definition) is 0. The average molecular weight is 456 g/mol. The van der Waals surface area contributed by atoms with E-state index in [0.717, 1.165) is 12.8 Å². The summed E-state index contributed by atoms with van der Waals surface area (Å²) >= 11 is 0. The Kier molecular flexibility index (Phi) is 5.03. The summed E-state index contributed by atoms with van der Waals surface area (Å²) in [5.41, 5.74) is 10.7. The van der Waals surface area contributed by atoms with Gasteiger partial charge in [-0.15, -0.1) is 0 Å². The summed E-state index contributed by atoms with van der Waals surface area (Å²) in [4.78, 5) is 2.69. The lowest BCUT2D eigenvalue weighted by Gasteiger charge is -2.36. The molecule has 1 unspecified atom stereocenters. The highest BCUT2D eigenvalue weighted by Gasteiger charge is 2.35. The van der Waals surface area contributed by atoms with E-state index >= 15 is 0 Å². The molecule has 3 heteroatoms. The minimum Gasteiger partial charge on any atom is -0.455 e. The molecule has 1 atom stereocenters. The first-order chi connectivity index (χ1) is 16.7. The van der Waals surface area contributed by atoms with Gasteiger partial charge >= 0.3 is 0 Å². The number of hydrogen-bond acceptors (Lipinski definition) is 2. The molecule has 0 bridgehead atoms. The number of ether oxygens (including phenoxy) is 1. The molecule has 7 rings (SSSR count). The molecule has 0 fully saturated rings. The number of aryl methyl sites for hydroxylation is 2. The van der Waals surface area contributed by atoms with Crippen molar-refractivity contribution in [1.82, 2.24) is 4.58 Å². The average Bonchev–Trinajstić information content (AvgIpc) is 3.21. The van der Waals surface area contributed by atoms with Crippen LogP contribution in [0.4, 0.5) is 5.69 Å². The smallest absolute Gasteiger partial charge is 0.210 e. The fourth-order valence-corrected chi connectivity index (χ4v) is 7.59. The fourth-order valence-electron chi connectivity index (χ4n) is 7.59. The van der Waals surface area contributed by atoms with Gasteiger partial charge in [-0.1, -0.05) is 13.8 Å². The van der Waals surface area contributed by atoms with Crippen LogP contribution in [0.5, 0.6) is 11.5 Å². The second kappa shape index (κ2) is 8.14. The Labute approximate surface area is 204 Å². The van der Waals surface area contributed by atoms with Gasteiger partial charge in [0.15, 0.2) is 0 Å². The van der Waals surface area contributed by atoms with Crippen LogP contribution >= 0.6 is 0 Å². The summed E-state index contributed by atoms with van der Waals surface area (Å²) in [5, 5.41) is 2.97. The van der Waals surface area contributed by atoms with E-state index in [1.54, 1.807) is 27.7 Å². The molecule has 0 amide bonds. The quantitative estimate of drug-likeness (QED) is 0.599. The molecule has 5 aliphatic heterocycles. The van der Waals surface area contributed by atoms with Crippen molar-refractivity contribution in [1.29, 1.82) is 0 Å². The van der Waals surface area contributed by atoms with E-state index in [-0.39, 0.29) is 0 Å². The first-order valence-electron chi connectivity index (χ1n) is 14.2. The molecule has 0 spiro atoms. The number of rotatable bonds is 2. The fraction of sp³-hybridized carbons (Fsp3) is 0.581. The minimum atomic E-state index is 0.535. The Balaban J connectivity index is 1.58. The number of benzene rings is 2. The van der Waals surface area contributed by atoms with Gasteiger partial charge in [0, 0.05) is 53.5 Å². The summed E-state index contributed by atoms with van der Waals surface area (Å²) in [7, 11) is 0. The summed E-state index contributed by atoms with van der Waals surface area (Å²) in [5.74, 6) is 2.97. The van der Waals surface area contributed by atoms with Crippen LogP contribution in [0.3, 0.4) is 0 Å². The van der Waals surface area contributed by atoms with Gasteiger partial charge in [0.1, 0.15) is 24.6 Å². The van der Waals surface area contributed by atoms with Gasteiger partial charge < -0.3 is 9.64 Å². The van der Waals surface area contributed by atoms with E-state index in [0.29, 0.717) is 5.92 Å². The standard InChI is InChI=1S/C31H39N2O/c1-3-20(2)27-25-18-21-10-4-6-14-32-16-8-12-23(28(21)32)30(25)34-31-24-13-9-17-33-15-7-5-11-22(29(24)33)19-26(27)31/h18-20H,3-17H2,1-2H3/q+1. The van der Waals surface area contributed by atoms with Crippen molar-refractivity contribution in [2.75, 3.05) is 31.1 Å². The summed E-state index contributed by atoms with van der Waals surface area (Å²) < 4.78 is 9.84. The summed E-state index contributed by atoms with van der Waals surface area (Å²) in [6.45, 7) is 9.66. The van der Waals surface area contributed by atoms with E-state index in [9.17, 15) is 0 Å². The number of nitrogens with zero attached hydrogens (tertiary/aromatic N) is 2. The molecule has 0 saturated heterocycles. The van der Waals surface area contributed by atoms with Gasteiger partial charge in [-0.3, -0.25) is 0 Å². The van der Waals surface area contributed by atoms with E-state index in [4.69, 9.17) is 4.74 Å². The Morgan fingerprint density at radius 2 is 1.65 bits per heavy atom. The molecule has 0 radical (unpaired) electrons. The SMILES string of the molecule is CCC(C)C1=c2cc3c4c(c2Oc2c1cc1c5c2CCCN5CCCC1)CCC[N+]=4CCCC3. The van der Waals surface area contributed by atoms with E-state index in [1.807, 2.05) is 0 Å². The first kappa shape index (κ1) is 21.0. The molecule has 2 aromatic carbocycles. The molecule has 0 aliphatic carbocycles. The zero-order valence-electron chi connectivity index (χ0n) is 21.1. The zero-order valence-corrected chi connectivity index (χ0v) is 21.1. The maximum Gasteiger partial charge on any atom is 0.210 e. The van der Waals surface area contributed by atoms with Crippen LogP contribution in [0.1, 0.15) is 86.6 Å². The second-order valence-corrected chi connectivity index (χ2v) is 11.4. The lowest BCUT2D eigenvalue weighted by molar-refractivity contribution is 0.440. The van der Waals surface area contributed by atoms with Crippen LogP contribution < -0.4 is 24.8 Å². The van der Waals surface area contributed by atoms with E-state index in [2.05, 4.69) is 35.5 Å². The van der Waals surface area contributed by atoms with Crippen LogP contribution in [0, 0.1) is 5.92 Å². The normalized spacial score (nSPS) is 21.4. The third kappa shape index (κ3) is 3.04. The Bertz CT molecular complexity index is 1300. The molecule has 0 N–H and O–H groups in total. The Hall–Kier alpha value is -2.29. The maximum absolute atomic E-state index is 7.15. The van der Waals surface area contributed by atoms with Crippen molar-refractivity contribution in [3.8, 4) is 11.5 Å². The highest BCUT2D eigenvalue weighted by atomic mass is 16.5. The highest BCUT2D eigenvalue weighted by Crippen LogP contribution is 2.48. The Morgan fingerprint density at radius 1 is 0.853 bits per heavy atom. The topological polar surface area (TPSA) is 15.5 Å². The highest BCUT2D eigenvalue weighted by molar-refractivity contribution is 5.83. The molecule has 3 nitrogen and oxygen atoms in total. The lowest BCUT2D eigenvalue weighted by Crippen LogP contribution is -2.41. The van der Waals surface area contributed by atoms with Gasteiger partial charge in [0.25, 0.3) is 0 Å². The predicted molar refractivity (Wildman–Crippen MR) is 140 cm³/mol. The van der Waals surface area contributed by atoms with Crippen molar-refractivity contribution in [3.63, 3.8) is 0 Å². The van der Waals surface area contributed by atoms with Crippen LogP contribution in [-0.4, -0.2) is 26.2 Å². The van der Waals surface area contributed by atoms with E-state index in [1.165, 1.54) is 117 Å². The molecule has 34 heavy (non-hydrogen) atoms. The monoisotopic (exact) mass is 455 g/mol. The van der Waals surface area contributed by atoms with Crippen LogP contribution in [0.2, 0.25) is 0 Å². The zero-order chi connectivity index (χ0) is 22.8. The molecule has 0 saturated carbocycles. The van der Waals surface area contributed by atoms with Gasteiger partial charge in [0.05, 0.1) is 5.56 Å². The first-order valence-corrected chi connectivity index (χ1v) is 14.2. The van der Waals surface area contributed by atoms with Crippen LogP contribution in [-0.2, 0) is 25.7 Å². The van der Waals surface area contributed by atoms with Gasteiger partial charge in [-0.25, -0.2) is 4.58 Å². The molecule has 5 aliphatic rings. The van der Waals surface area contributed by atoms with Crippen molar-refractivity contribution in [2.24, 2.45) is 5.92 Å². The molecule has 5 heterocycles. The van der Waals surface area contributed by atoms with Crippen LogP contribution in [0.25, 0.3) is 5.57 Å². The van der Waals surface area contributed by atoms with Gasteiger partial charge in [-0.05, 0) is 87.0 Å². The minimum absolute atomic E-state index is 0.535. The lowest BCUT2D eigenvalue weighted by atomic mass is 9.82. The Morgan fingerprint density at radius 3 is 2.56 bits per heavy atom. The third-order valence-electron chi connectivity index (χ3n) is 9.33. The van der Waals surface area contributed by atoms with Crippen molar-refractivity contribution < 1.29 is 4.74 Å². The molecular formula is C31H39N2O+. The number of fused-ring (bicyclic) bond motifs is 4. The van der Waals surface area contributed by atoms with Crippen LogP contribution in [0.15, 0.2) is 12.1 Å². The van der Waals surface area contributed by atoms with Crippen molar-refractivity contribution in [2.45, 2.75) is 84.5 Å². The van der Waals surface area contributed by atoms with Gasteiger partial charge in [0.2, 0.25) is 5.36 Å². The molecule has 0 aromatic heterocycles. The third-order valence-corrected chi connectivity index (χ3v) is 9.33. The number of anilines is 1. The van der Waals surface area contributed by atoms with Crippen molar-refractivity contribution >= 4 is 11.3 Å². The summed E-state index contributed by atoms with van der Waals surface area (Å²) in [6, 6.07) is 5.12. The molecule has 2 aromatic rings. The van der Waals surface area contributed by atoms with Gasteiger partial charge in [-0.2, -0.15) is 0 Å². The largest absolute Gasteiger partial charge is 0.455 e. The van der Waals surface area contributed by atoms with Crippen molar-refractivity contribution in [3.05, 3.63) is 50.5 Å². The summed E-state index contributed by atoms with van der Waals surface area (Å²) in [6.07, 6.45) is 13.7. The predicted octanol–water partition coefficient (Wildman–Crippen LogP) is 4.90. The van der Waals surface area contributed by atoms with E-state index < -0.39 is 0 Å². The molecule has 178 valence electrons. The molecular weight excluding hydrogens is 416 g/mol.